The summed E-state index contributed by atoms with van der Waals surface area (Å²) in [6, 6.07) is 12.1. The van der Waals surface area contributed by atoms with E-state index in [-0.39, 0.29) is 17.4 Å². The minimum atomic E-state index is 0.175. The van der Waals surface area contributed by atoms with Gasteiger partial charge in [0, 0.05) is 36.1 Å². The largest absolute Gasteiger partial charge is 0.362 e. The number of rotatable bonds is 5. The molecule has 1 saturated carbocycles. The van der Waals surface area contributed by atoms with Crippen molar-refractivity contribution in [2.45, 2.75) is 77.0 Å². The van der Waals surface area contributed by atoms with E-state index in [1.807, 2.05) is 6.92 Å². The van der Waals surface area contributed by atoms with E-state index in [2.05, 4.69) is 64.7 Å². The van der Waals surface area contributed by atoms with Crippen molar-refractivity contribution in [2.24, 2.45) is 5.41 Å². The third-order valence-corrected chi connectivity index (χ3v) is 8.70. The van der Waals surface area contributed by atoms with Crippen LogP contribution in [0.25, 0.3) is 0 Å². The van der Waals surface area contributed by atoms with Crippen molar-refractivity contribution in [1.82, 2.24) is 15.2 Å². The number of piperidine rings is 1. The maximum absolute atomic E-state index is 13.9. The summed E-state index contributed by atoms with van der Waals surface area (Å²) in [5, 5.41) is 8.12. The Hall–Kier alpha value is -1.92. The second-order valence-corrected chi connectivity index (χ2v) is 10.4. The van der Waals surface area contributed by atoms with Gasteiger partial charge in [-0.15, -0.1) is 0 Å². The van der Waals surface area contributed by atoms with Gasteiger partial charge in [-0.1, -0.05) is 48.6 Å². The molecule has 6 heteroatoms. The first-order valence-corrected chi connectivity index (χ1v) is 12.2. The van der Waals surface area contributed by atoms with Gasteiger partial charge >= 0.3 is 0 Å². The number of amides is 1. The summed E-state index contributed by atoms with van der Waals surface area (Å²) in [7, 11) is 0. The zero-order valence-electron chi connectivity index (χ0n) is 18.1. The smallest absolute Gasteiger partial charge is 0.266 e. The third-order valence-electron chi connectivity index (χ3n) is 7.60. The maximum Gasteiger partial charge on any atom is 0.266 e. The molecule has 2 aliphatic heterocycles. The summed E-state index contributed by atoms with van der Waals surface area (Å²) in [6.07, 6.45) is 5.61. The number of nitrogens with one attached hydrogen (secondary N) is 2. The minimum Gasteiger partial charge on any atom is -0.362 e. The minimum absolute atomic E-state index is 0.175. The molecule has 3 fully saturated rings. The van der Waals surface area contributed by atoms with Crippen LogP contribution in [0.5, 0.6) is 0 Å². The highest BCUT2D eigenvalue weighted by Crippen LogP contribution is 2.53. The summed E-state index contributed by atoms with van der Waals surface area (Å²) in [4.78, 5) is 21.6. The zero-order valence-corrected chi connectivity index (χ0v) is 19.0. The maximum atomic E-state index is 13.9. The van der Waals surface area contributed by atoms with Gasteiger partial charge in [-0.2, -0.15) is 0 Å². The van der Waals surface area contributed by atoms with Gasteiger partial charge in [0.2, 0.25) is 0 Å². The molecule has 0 spiro atoms. The van der Waals surface area contributed by atoms with Crippen LogP contribution < -0.4 is 10.6 Å². The highest BCUT2D eigenvalue weighted by Gasteiger charge is 2.61. The van der Waals surface area contributed by atoms with E-state index in [1.165, 1.54) is 29.7 Å². The number of benzene rings is 1. The van der Waals surface area contributed by atoms with Gasteiger partial charge in [-0.25, -0.2) is 4.98 Å². The molecule has 160 valence electrons. The van der Waals surface area contributed by atoms with Crippen molar-refractivity contribution < 1.29 is 4.79 Å². The lowest BCUT2D eigenvalue weighted by Gasteiger charge is -2.46. The molecule has 30 heavy (non-hydrogen) atoms. The number of thiazole rings is 1. The second-order valence-electron chi connectivity index (χ2n) is 9.42. The molecule has 5 atom stereocenters. The van der Waals surface area contributed by atoms with Crippen molar-refractivity contribution in [3.05, 3.63) is 46.5 Å². The Labute approximate surface area is 183 Å². The summed E-state index contributed by atoms with van der Waals surface area (Å²) >= 11 is 1.51. The number of fused-ring (bicyclic) bond motifs is 1. The monoisotopic (exact) mass is 424 g/mol. The van der Waals surface area contributed by atoms with E-state index < -0.39 is 0 Å². The molecule has 5 rings (SSSR count). The molecule has 2 N–H and O–H groups in total. The van der Waals surface area contributed by atoms with Crippen molar-refractivity contribution >= 4 is 22.4 Å². The predicted octanol–water partition coefficient (Wildman–Crippen LogP) is 4.24. The fourth-order valence-electron chi connectivity index (χ4n) is 6.20. The molecular formula is C24H32N4OS. The molecule has 0 unspecified atom stereocenters. The summed E-state index contributed by atoms with van der Waals surface area (Å²) < 4.78 is 0. The molecule has 1 amide bonds. The van der Waals surface area contributed by atoms with Crippen molar-refractivity contribution in [2.75, 3.05) is 11.9 Å². The Balaban J connectivity index is 1.49. The van der Waals surface area contributed by atoms with E-state index in [0.717, 1.165) is 41.5 Å². The Morgan fingerprint density at radius 3 is 2.90 bits per heavy atom. The normalized spacial score (nSPS) is 32.3. The first-order valence-electron chi connectivity index (χ1n) is 11.3. The van der Waals surface area contributed by atoms with Crippen LogP contribution in [-0.2, 0) is 6.42 Å². The van der Waals surface area contributed by atoms with Crippen molar-refractivity contribution in [3.8, 4) is 0 Å². The van der Waals surface area contributed by atoms with Crippen molar-refractivity contribution in [1.29, 1.82) is 0 Å². The Bertz CT molecular complexity index is 929. The fraction of sp³-hybridized carbons (Fsp3) is 0.583. The second kappa shape index (κ2) is 7.65. The standard InChI is InChI=1S/C24H32N4OS/c1-4-25-23-26-15(2)21(30-23)22(29)28-18-14-24(3)19(11-8-12-20(24)28)27-17(18)13-16-9-6-5-7-10-16/h5-7,9-10,17-20,27H,4,8,11-14H2,1-3H3,(H,25,26)/t17-,18-,19+,20-,24+/m0/s1. The molecule has 1 aromatic heterocycles. The van der Waals surface area contributed by atoms with Crippen LogP contribution in [0.3, 0.4) is 0 Å². The number of carbonyl (C=O) groups excluding carboxylic acids is 1. The summed E-state index contributed by atoms with van der Waals surface area (Å²) in [6.45, 7) is 7.26. The van der Waals surface area contributed by atoms with Crippen LogP contribution in [0.15, 0.2) is 30.3 Å². The average molecular weight is 425 g/mol. The average Bonchev–Trinajstić information content (AvgIpc) is 3.25. The van der Waals surface area contributed by atoms with Crippen LogP contribution >= 0.6 is 11.3 Å². The highest BCUT2D eigenvalue weighted by atomic mass is 32.1. The Morgan fingerprint density at radius 2 is 2.13 bits per heavy atom. The molecule has 3 heterocycles. The van der Waals surface area contributed by atoms with Gasteiger partial charge in [-0.05, 0) is 51.5 Å². The third kappa shape index (κ3) is 3.16. The zero-order chi connectivity index (χ0) is 20.9. The van der Waals surface area contributed by atoms with Gasteiger partial charge in [0.1, 0.15) is 4.88 Å². The van der Waals surface area contributed by atoms with Gasteiger partial charge in [-0.3, -0.25) is 4.79 Å². The number of aryl methyl sites for hydroxylation is 1. The lowest BCUT2D eigenvalue weighted by molar-refractivity contribution is 0.0562. The van der Waals surface area contributed by atoms with Crippen LogP contribution in [0.4, 0.5) is 5.13 Å². The molecule has 2 saturated heterocycles. The van der Waals surface area contributed by atoms with E-state index in [4.69, 9.17) is 0 Å². The Morgan fingerprint density at radius 1 is 1.33 bits per heavy atom. The molecule has 5 nitrogen and oxygen atoms in total. The first-order chi connectivity index (χ1) is 14.5. The van der Waals surface area contributed by atoms with Gasteiger partial charge in [0.05, 0.1) is 5.69 Å². The van der Waals surface area contributed by atoms with Crippen LogP contribution in [0.1, 0.15) is 60.5 Å². The number of hydrogen-bond acceptors (Lipinski definition) is 5. The lowest BCUT2D eigenvalue weighted by atomic mass is 9.65. The van der Waals surface area contributed by atoms with Crippen LogP contribution in [-0.4, -0.2) is 46.5 Å². The van der Waals surface area contributed by atoms with Crippen LogP contribution in [0.2, 0.25) is 0 Å². The quantitative estimate of drug-likeness (QED) is 0.754. The number of likely N-dealkylation sites (tertiary alicyclic amines) is 1. The van der Waals surface area contributed by atoms with Crippen molar-refractivity contribution in [3.63, 3.8) is 0 Å². The van der Waals surface area contributed by atoms with E-state index >= 15 is 0 Å². The topological polar surface area (TPSA) is 57.3 Å². The molecule has 2 bridgehead atoms. The van der Waals surface area contributed by atoms with Gasteiger partial charge in [0.25, 0.3) is 5.91 Å². The number of aromatic nitrogens is 1. The fourth-order valence-corrected chi connectivity index (χ4v) is 7.17. The summed E-state index contributed by atoms with van der Waals surface area (Å²) in [5.74, 6) is 0.190. The number of anilines is 1. The highest BCUT2D eigenvalue weighted by molar-refractivity contribution is 7.17. The van der Waals surface area contributed by atoms with Gasteiger partial charge in [0.15, 0.2) is 5.13 Å². The number of hydrogen-bond donors (Lipinski definition) is 2. The lowest BCUT2D eigenvalue weighted by Crippen LogP contribution is -2.58. The summed E-state index contributed by atoms with van der Waals surface area (Å²) in [5.41, 5.74) is 2.37. The molecule has 0 radical (unpaired) electrons. The molecule has 2 aromatic rings. The molecule has 3 aliphatic rings. The van der Waals surface area contributed by atoms with E-state index in [0.29, 0.717) is 18.1 Å². The van der Waals surface area contributed by atoms with Crippen LogP contribution in [0, 0.1) is 12.3 Å². The first kappa shape index (κ1) is 20.0. The SMILES string of the molecule is CCNc1nc(C)c(C(=O)N2[C@H]3CCC[C@H]4N[C@@H](Cc5ccccc5)[C@@H]2C[C@@]34C)s1. The van der Waals surface area contributed by atoms with E-state index in [9.17, 15) is 4.79 Å². The number of nitrogens with zero attached hydrogens (tertiary/aromatic N) is 2. The van der Waals surface area contributed by atoms with E-state index in [1.54, 1.807) is 0 Å². The number of carbonyl (C=O) groups is 1. The molecule has 1 aromatic carbocycles. The predicted molar refractivity (Wildman–Crippen MR) is 122 cm³/mol. The van der Waals surface area contributed by atoms with Gasteiger partial charge < -0.3 is 15.5 Å². The molecular weight excluding hydrogens is 392 g/mol. The Kier molecular flexibility index (Phi) is 5.10. The molecule has 1 aliphatic carbocycles.